The molecule has 0 saturated carbocycles. The summed E-state index contributed by atoms with van der Waals surface area (Å²) in [7, 11) is 0. The van der Waals surface area contributed by atoms with Crippen LogP contribution in [0.25, 0.3) is 6.08 Å². The molecule has 2 heterocycles. The standard InChI is InChI=1S/C28H27N5O2S/c34-26(21-11-5-2-6-12-21)27(35)29-28-33-32-25(36-28)14-8-7-13-23-18-22-16-20(17-24(22)31-30-23)15-19-9-3-1-4-10-19/h1-6,9-12,16,18,26,34H,7-8,13-15,17H2,(H,29,33,35)/t26-/m0/s1. The quantitative estimate of drug-likeness (QED) is 0.307. The van der Waals surface area contributed by atoms with Crippen molar-refractivity contribution in [2.45, 2.75) is 44.6 Å². The van der Waals surface area contributed by atoms with Crippen LogP contribution >= 0.6 is 11.3 Å². The first-order valence-electron chi connectivity index (χ1n) is 12.1. The van der Waals surface area contributed by atoms with Crippen LogP contribution in [0.15, 0.2) is 72.3 Å². The van der Waals surface area contributed by atoms with E-state index >= 15 is 0 Å². The van der Waals surface area contributed by atoms with Gasteiger partial charge >= 0.3 is 0 Å². The van der Waals surface area contributed by atoms with Gasteiger partial charge in [0.2, 0.25) is 5.13 Å². The van der Waals surface area contributed by atoms with Gasteiger partial charge in [0.25, 0.3) is 5.91 Å². The molecule has 0 unspecified atom stereocenters. The van der Waals surface area contributed by atoms with Gasteiger partial charge in [-0.3, -0.25) is 10.1 Å². The van der Waals surface area contributed by atoms with Crippen LogP contribution in [0.1, 0.15) is 52.0 Å². The van der Waals surface area contributed by atoms with Crippen LogP contribution in [0, 0.1) is 0 Å². The van der Waals surface area contributed by atoms with Crippen LogP contribution < -0.4 is 5.32 Å². The summed E-state index contributed by atoms with van der Waals surface area (Å²) in [5, 5.41) is 31.2. The lowest BCUT2D eigenvalue weighted by atomic mass is 10.0. The molecule has 0 spiro atoms. The highest BCUT2D eigenvalue weighted by atomic mass is 32.1. The third kappa shape index (κ3) is 6.08. The molecule has 182 valence electrons. The lowest BCUT2D eigenvalue weighted by Gasteiger charge is -2.09. The number of carbonyl (C=O) groups is 1. The van der Waals surface area contributed by atoms with Crippen molar-refractivity contribution in [3.8, 4) is 0 Å². The van der Waals surface area contributed by atoms with Gasteiger partial charge in [-0.05, 0) is 48.4 Å². The number of nitrogens with zero attached hydrogens (tertiary/aromatic N) is 4. The van der Waals surface area contributed by atoms with Crippen LogP contribution in [0.3, 0.4) is 0 Å². The minimum Gasteiger partial charge on any atom is -0.378 e. The second kappa shape index (κ2) is 11.3. The van der Waals surface area contributed by atoms with Gasteiger partial charge in [-0.2, -0.15) is 10.2 Å². The van der Waals surface area contributed by atoms with Gasteiger partial charge in [-0.15, -0.1) is 10.2 Å². The van der Waals surface area contributed by atoms with E-state index < -0.39 is 12.0 Å². The van der Waals surface area contributed by atoms with Crippen LogP contribution in [0.5, 0.6) is 0 Å². The zero-order valence-electron chi connectivity index (χ0n) is 19.8. The molecule has 2 aromatic heterocycles. The van der Waals surface area contributed by atoms with E-state index in [1.165, 1.54) is 28.0 Å². The van der Waals surface area contributed by atoms with Gasteiger partial charge in [0, 0.05) is 12.8 Å². The van der Waals surface area contributed by atoms with E-state index in [-0.39, 0.29) is 0 Å². The molecular formula is C28H27N5O2S. The topological polar surface area (TPSA) is 101 Å². The molecule has 4 aromatic rings. The normalized spacial score (nSPS) is 13.2. The van der Waals surface area contributed by atoms with E-state index in [1.54, 1.807) is 24.3 Å². The van der Waals surface area contributed by atoms with Crippen molar-refractivity contribution in [1.29, 1.82) is 0 Å². The molecule has 0 aliphatic heterocycles. The van der Waals surface area contributed by atoms with Gasteiger partial charge in [0.15, 0.2) is 6.10 Å². The molecule has 2 N–H and O–H groups in total. The van der Waals surface area contributed by atoms with Crippen molar-refractivity contribution in [2.75, 3.05) is 5.32 Å². The first kappa shape index (κ1) is 24.0. The molecule has 7 nitrogen and oxygen atoms in total. The molecule has 36 heavy (non-hydrogen) atoms. The molecule has 1 amide bonds. The molecule has 0 bridgehead atoms. The van der Waals surface area contributed by atoms with Crippen molar-refractivity contribution in [1.82, 2.24) is 20.4 Å². The van der Waals surface area contributed by atoms with Crippen molar-refractivity contribution < 1.29 is 9.90 Å². The zero-order valence-corrected chi connectivity index (χ0v) is 20.6. The summed E-state index contributed by atoms with van der Waals surface area (Å²) in [5.41, 5.74) is 6.48. The van der Waals surface area contributed by atoms with Gasteiger partial charge in [-0.25, -0.2) is 0 Å². The van der Waals surface area contributed by atoms with Crippen LogP contribution in [-0.4, -0.2) is 31.4 Å². The number of aliphatic hydroxyl groups is 1. The number of unbranched alkanes of at least 4 members (excludes halogenated alkanes) is 1. The van der Waals surface area contributed by atoms with Crippen LogP contribution in [0.4, 0.5) is 5.13 Å². The first-order chi connectivity index (χ1) is 17.6. The first-order valence-corrected chi connectivity index (χ1v) is 12.9. The highest BCUT2D eigenvalue weighted by Crippen LogP contribution is 2.26. The Hall–Kier alpha value is -3.75. The Kier molecular flexibility index (Phi) is 7.54. The Morgan fingerprint density at radius 3 is 2.50 bits per heavy atom. The van der Waals surface area contributed by atoms with Crippen molar-refractivity contribution in [3.63, 3.8) is 0 Å². The summed E-state index contributed by atoms with van der Waals surface area (Å²) in [6, 6.07) is 21.5. The van der Waals surface area contributed by atoms with E-state index in [4.69, 9.17) is 0 Å². The lowest BCUT2D eigenvalue weighted by molar-refractivity contribution is -0.124. The Balaban J connectivity index is 1.08. The van der Waals surface area contributed by atoms with Gasteiger partial charge in [-0.1, -0.05) is 83.6 Å². The third-order valence-corrected chi connectivity index (χ3v) is 7.02. The lowest BCUT2D eigenvalue weighted by Crippen LogP contribution is -2.20. The number of hydrogen-bond acceptors (Lipinski definition) is 7. The number of aryl methyl sites for hydroxylation is 2. The number of aromatic nitrogens is 4. The number of fused-ring (bicyclic) bond motifs is 1. The number of aliphatic hydroxyl groups excluding tert-OH is 1. The van der Waals surface area contributed by atoms with Crippen molar-refractivity contribution in [2.24, 2.45) is 0 Å². The highest BCUT2D eigenvalue weighted by Gasteiger charge is 2.19. The molecule has 8 heteroatoms. The Morgan fingerprint density at radius 1 is 0.944 bits per heavy atom. The maximum Gasteiger partial charge on any atom is 0.259 e. The summed E-state index contributed by atoms with van der Waals surface area (Å²) >= 11 is 1.34. The predicted octanol–water partition coefficient (Wildman–Crippen LogP) is 4.75. The average molecular weight is 498 g/mol. The summed E-state index contributed by atoms with van der Waals surface area (Å²) < 4.78 is 0. The summed E-state index contributed by atoms with van der Waals surface area (Å²) in [4.78, 5) is 12.3. The number of allylic oxidation sites excluding steroid dienone is 1. The number of rotatable bonds is 10. The van der Waals surface area contributed by atoms with E-state index in [2.05, 4.69) is 62.1 Å². The number of anilines is 1. The minimum absolute atomic E-state index is 0.396. The van der Waals surface area contributed by atoms with Gasteiger partial charge in [0.05, 0.1) is 11.4 Å². The molecule has 0 radical (unpaired) electrons. The Labute approximate surface area is 214 Å². The molecule has 0 fully saturated rings. The molecule has 5 rings (SSSR count). The molecule has 0 saturated heterocycles. The summed E-state index contributed by atoms with van der Waals surface area (Å²) in [5.74, 6) is -0.514. The van der Waals surface area contributed by atoms with Crippen molar-refractivity contribution >= 4 is 28.5 Å². The molecule has 1 aliphatic rings. The maximum absolute atomic E-state index is 12.3. The number of amides is 1. The SMILES string of the molecule is O=C(Nc1nnc(CCCCc2cc3c(nn2)CC(Cc2ccccc2)=C3)s1)[C@@H](O)c1ccccc1. The smallest absolute Gasteiger partial charge is 0.259 e. The monoisotopic (exact) mass is 497 g/mol. The Morgan fingerprint density at radius 2 is 1.69 bits per heavy atom. The van der Waals surface area contributed by atoms with Crippen LogP contribution in [-0.2, 0) is 30.5 Å². The fourth-order valence-corrected chi connectivity index (χ4v) is 5.05. The molecular weight excluding hydrogens is 470 g/mol. The van der Waals surface area contributed by atoms with Gasteiger partial charge < -0.3 is 5.11 Å². The van der Waals surface area contributed by atoms with E-state index in [0.29, 0.717) is 10.7 Å². The fraction of sp³-hybridized carbons (Fsp3) is 0.250. The largest absolute Gasteiger partial charge is 0.378 e. The number of hydrogen-bond donors (Lipinski definition) is 2. The van der Waals surface area contributed by atoms with E-state index in [0.717, 1.165) is 54.9 Å². The summed E-state index contributed by atoms with van der Waals surface area (Å²) in [6.07, 6.45) is 6.36. The number of benzene rings is 2. The average Bonchev–Trinajstić information content (AvgIpc) is 3.53. The molecule has 1 aliphatic carbocycles. The van der Waals surface area contributed by atoms with Crippen LogP contribution in [0.2, 0.25) is 0 Å². The fourth-order valence-electron chi connectivity index (χ4n) is 4.26. The summed E-state index contributed by atoms with van der Waals surface area (Å²) in [6.45, 7) is 0. The second-order valence-electron chi connectivity index (χ2n) is 8.89. The zero-order chi connectivity index (χ0) is 24.7. The number of nitrogens with one attached hydrogen (secondary N) is 1. The maximum atomic E-state index is 12.3. The van der Waals surface area contributed by atoms with Gasteiger partial charge in [0.1, 0.15) is 5.01 Å². The molecule has 1 atom stereocenters. The van der Waals surface area contributed by atoms with E-state index in [9.17, 15) is 9.90 Å². The number of carbonyl (C=O) groups excluding carboxylic acids is 1. The predicted molar refractivity (Wildman–Crippen MR) is 140 cm³/mol. The molecule has 2 aromatic carbocycles. The minimum atomic E-state index is -1.24. The van der Waals surface area contributed by atoms with Crippen molar-refractivity contribution in [3.05, 3.63) is 105 Å². The highest BCUT2D eigenvalue weighted by molar-refractivity contribution is 7.15. The second-order valence-corrected chi connectivity index (χ2v) is 9.95. The van der Waals surface area contributed by atoms with E-state index in [1.807, 2.05) is 12.1 Å². The Bertz CT molecular complexity index is 1350. The third-order valence-electron chi connectivity index (χ3n) is 6.12.